The summed E-state index contributed by atoms with van der Waals surface area (Å²) in [6.45, 7) is 4.64. The second-order valence-corrected chi connectivity index (χ2v) is 8.37. The largest absolute Gasteiger partial charge is 0.449 e. The van der Waals surface area contributed by atoms with Crippen LogP contribution >= 0.6 is 0 Å². The lowest BCUT2D eigenvalue weighted by molar-refractivity contribution is -0.127. The molecule has 2 aromatic carbocycles. The zero-order chi connectivity index (χ0) is 22.3. The Morgan fingerprint density at radius 2 is 1.60 bits per heavy atom. The van der Waals surface area contributed by atoms with Crippen LogP contribution in [-0.4, -0.2) is 38.5 Å². The fourth-order valence-electron chi connectivity index (χ4n) is 2.35. The maximum atomic E-state index is 12.3. The van der Waals surface area contributed by atoms with Crippen LogP contribution in [0.3, 0.4) is 0 Å². The molecule has 0 saturated carbocycles. The van der Waals surface area contributed by atoms with E-state index in [0.717, 1.165) is 6.07 Å². The van der Waals surface area contributed by atoms with E-state index in [2.05, 4.69) is 15.4 Å². The molecule has 2 aromatic rings. The average Bonchev–Trinajstić information content (AvgIpc) is 2.67. The molecule has 9 nitrogen and oxygen atoms in total. The molecule has 160 valence electrons. The van der Waals surface area contributed by atoms with E-state index in [1.54, 1.807) is 44.2 Å². The molecule has 0 bridgehead atoms. The number of anilines is 1. The highest BCUT2D eigenvalue weighted by atomic mass is 32.2. The molecule has 0 aliphatic rings. The van der Waals surface area contributed by atoms with Crippen molar-refractivity contribution in [1.29, 1.82) is 0 Å². The predicted octanol–water partition coefficient (Wildman–Crippen LogP) is 2.27. The zero-order valence-corrected chi connectivity index (χ0v) is 17.5. The lowest BCUT2D eigenvalue weighted by Crippen LogP contribution is -2.41. The number of esters is 1. The number of sulfonamides is 1. The minimum Gasteiger partial charge on any atom is -0.449 e. The van der Waals surface area contributed by atoms with Crippen molar-refractivity contribution in [2.75, 3.05) is 5.32 Å². The molecule has 0 fully saturated rings. The third-order valence-corrected chi connectivity index (χ3v) is 5.35. The quantitative estimate of drug-likeness (QED) is 0.574. The van der Waals surface area contributed by atoms with Crippen LogP contribution < -0.4 is 15.4 Å². The van der Waals surface area contributed by atoms with Crippen molar-refractivity contribution in [3.8, 4) is 0 Å². The second-order valence-electron chi connectivity index (χ2n) is 6.66. The second kappa shape index (κ2) is 9.99. The number of nitrogens with one attached hydrogen (secondary N) is 3. The Labute approximate surface area is 174 Å². The van der Waals surface area contributed by atoms with Gasteiger partial charge in [-0.15, -0.1) is 0 Å². The summed E-state index contributed by atoms with van der Waals surface area (Å²) in [7, 11) is -3.80. The number of carbonyl (C=O) groups is 3. The van der Waals surface area contributed by atoms with Crippen molar-refractivity contribution in [3.63, 3.8) is 0 Å². The molecule has 0 aromatic heterocycles. The van der Waals surface area contributed by atoms with E-state index in [1.807, 2.05) is 0 Å². The topological polar surface area (TPSA) is 131 Å². The van der Waals surface area contributed by atoms with Crippen molar-refractivity contribution >= 4 is 33.6 Å². The summed E-state index contributed by atoms with van der Waals surface area (Å²) in [5.74, 6) is -1.73. The lowest BCUT2D eigenvalue weighted by Gasteiger charge is -2.14. The summed E-state index contributed by atoms with van der Waals surface area (Å²) in [6, 6.07) is 12.6. The zero-order valence-electron chi connectivity index (χ0n) is 16.7. The first-order chi connectivity index (χ1) is 14.1. The van der Waals surface area contributed by atoms with E-state index in [0.29, 0.717) is 5.69 Å². The van der Waals surface area contributed by atoms with E-state index < -0.39 is 34.0 Å². The summed E-state index contributed by atoms with van der Waals surface area (Å²) in [6.07, 6.45) is -1.28. The van der Waals surface area contributed by atoms with Gasteiger partial charge < -0.3 is 10.1 Å². The van der Waals surface area contributed by atoms with E-state index in [4.69, 9.17) is 4.74 Å². The molecule has 0 saturated heterocycles. The van der Waals surface area contributed by atoms with Crippen LogP contribution in [0.15, 0.2) is 59.5 Å². The van der Waals surface area contributed by atoms with Gasteiger partial charge in [-0.05, 0) is 51.1 Å². The number of ether oxygens (including phenoxy) is 1. The van der Waals surface area contributed by atoms with Crippen LogP contribution in [0.1, 0.15) is 31.1 Å². The summed E-state index contributed by atoms with van der Waals surface area (Å²) in [5.41, 5.74) is 0.440. The number of imide groups is 1. The first-order valence-electron chi connectivity index (χ1n) is 9.09. The molecule has 0 aliphatic carbocycles. The van der Waals surface area contributed by atoms with E-state index in [1.165, 1.54) is 25.1 Å². The van der Waals surface area contributed by atoms with Crippen molar-refractivity contribution in [3.05, 3.63) is 60.2 Å². The first kappa shape index (κ1) is 23.0. The lowest BCUT2D eigenvalue weighted by atomic mass is 10.2. The molecule has 30 heavy (non-hydrogen) atoms. The molecular formula is C20H23N3O6S. The van der Waals surface area contributed by atoms with Gasteiger partial charge in [0.05, 0.1) is 10.5 Å². The average molecular weight is 433 g/mol. The minimum atomic E-state index is -3.80. The van der Waals surface area contributed by atoms with Crippen molar-refractivity contribution < 1.29 is 27.5 Å². The van der Waals surface area contributed by atoms with Gasteiger partial charge in [-0.25, -0.2) is 22.7 Å². The highest BCUT2D eigenvalue weighted by molar-refractivity contribution is 7.89. The Bertz CT molecular complexity index is 1020. The van der Waals surface area contributed by atoms with Gasteiger partial charge in [0.15, 0.2) is 6.10 Å². The standard InChI is InChI=1S/C20H23N3O6S/c1-13(2)23-30(27,28)17-11-7-8-15(12-17)19(25)29-14(3)18(24)22-20(26)21-16-9-5-4-6-10-16/h4-14,23H,1-3H3,(H2,21,22,24,26). The third kappa shape index (κ3) is 6.68. The number of hydrogen-bond donors (Lipinski definition) is 3. The van der Waals surface area contributed by atoms with Gasteiger partial charge in [-0.3, -0.25) is 10.1 Å². The molecule has 0 spiro atoms. The maximum Gasteiger partial charge on any atom is 0.338 e. The van der Waals surface area contributed by atoms with Crippen LogP contribution in [0.2, 0.25) is 0 Å². The number of urea groups is 1. The van der Waals surface area contributed by atoms with Crippen molar-refractivity contribution in [2.45, 2.75) is 37.8 Å². The van der Waals surface area contributed by atoms with Gasteiger partial charge in [0.2, 0.25) is 10.0 Å². The van der Waals surface area contributed by atoms with Crippen LogP contribution in [-0.2, 0) is 19.6 Å². The summed E-state index contributed by atoms with van der Waals surface area (Å²) in [5, 5.41) is 4.54. The Hall–Kier alpha value is -3.24. The van der Waals surface area contributed by atoms with Gasteiger partial charge in [0.25, 0.3) is 5.91 Å². The Balaban J connectivity index is 1.99. The summed E-state index contributed by atoms with van der Waals surface area (Å²) < 4.78 is 32.0. The molecule has 1 unspecified atom stereocenters. The third-order valence-electron chi connectivity index (χ3n) is 3.69. The van der Waals surface area contributed by atoms with Crippen LogP contribution in [0.4, 0.5) is 10.5 Å². The number of rotatable bonds is 7. The highest BCUT2D eigenvalue weighted by Crippen LogP contribution is 2.14. The summed E-state index contributed by atoms with van der Waals surface area (Å²) in [4.78, 5) is 36.2. The molecule has 10 heteroatoms. The first-order valence-corrected chi connectivity index (χ1v) is 10.6. The number of benzene rings is 2. The van der Waals surface area contributed by atoms with Crippen molar-refractivity contribution in [1.82, 2.24) is 10.0 Å². The number of hydrogen-bond acceptors (Lipinski definition) is 6. The smallest absolute Gasteiger partial charge is 0.338 e. The Morgan fingerprint density at radius 1 is 0.933 bits per heavy atom. The highest BCUT2D eigenvalue weighted by Gasteiger charge is 2.22. The van der Waals surface area contributed by atoms with Gasteiger partial charge >= 0.3 is 12.0 Å². The molecule has 2 rings (SSSR count). The van der Waals surface area contributed by atoms with E-state index in [9.17, 15) is 22.8 Å². The number of amides is 3. The van der Waals surface area contributed by atoms with Crippen molar-refractivity contribution in [2.24, 2.45) is 0 Å². The maximum absolute atomic E-state index is 12.3. The Morgan fingerprint density at radius 3 is 2.23 bits per heavy atom. The van der Waals surface area contributed by atoms with E-state index >= 15 is 0 Å². The van der Waals surface area contributed by atoms with Gasteiger partial charge in [-0.2, -0.15) is 0 Å². The molecule has 3 N–H and O–H groups in total. The van der Waals surface area contributed by atoms with Gasteiger partial charge in [0.1, 0.15) is 0 Å². The number of carbonyl (C=O) groups excluding carboxylic acids is 3. The normalized spacial score (nSPS) is 12.1. The number of para-hydroxylation sites is 1. The fourth-order valence-corrected chi connectivity index (χ4v) is 3.64. The molecule has 1 atom stereocenters. The molecule has 0 radical (unpaired) electrons. The molecule has 0 heterocycles. The summed E-state index contributed by atoms with van der Waals surface area (Å²) >= 11 is 0. The van der Waals surface area contributed by atoms with Crippen LogP contribution in [0, 0.1) is 0 Å². The monoisotopic (exact) mass is 433 g/mol. The molecular weight excluding hydrogens is 410 g/mol. The van der Waals surface area contributed by atoms with Crippen LogP contribution in [0.25, 0.3) is 0 Å². The minimum absolute atomic E-state index is 0.0463. The van der Waals surface area contributed by atoms with Gasteiger partial charge in [-0.1, -0.05) is 24.3 Å². The Kier molecular flexibility index (Phi) is 7.67. The predicted molar refractivity (Wildman–Crippen MR) is 110 cm³/mol. The van der Waals surface area contributed by atoms with E-state index in [-0.39, 0.29) is 16.5 Å². The SMILES string of the molecule is CC(C)NS(=O)(=O)c1cccc(C(=O)OC(C)C(=O)NC(=O)Nc2ccccc2)c1. The molecule has 3 amide bonds. The molecule has 0 aliphatic heterocycles. The van der Waals surface area contributed by atoms with Gasteiger partial charge in [0, 0.05) is 11.7 Å². The van der Waals surface area contributed by atoms with Crippen LogP contribution in [0.5, 0.6) is 0 Å². The fraction of sp³-hybridized carbons (Fsp3) is 0.250.